The lowest BCUT2D eigenvalue weighted by molar-refractivity contribution is -0.142. The highest BCUT2D eigenvalue weighted by molar-refractivity contribution is 5.86. The summed E-state index contributed by atoms with van der Waals surface area (Å²) in [6.45, 7) is -0.331. The molecule has 0 fully saturated rings. The summed E-state index contributed by atoms with van der Waals surface area (Å²) in [5, 5.41) is 32.3. The molecule has 6 N–H and O–H groups in total. The van der Waals surface area contributed by atoms with Gasteiger partial charge >= 0.3 is 17.9 Å². The van der Waals surface area contributed by atoms with E-state index in [1.807, 2.05) is 42.5 Å². The summed E-state index contributed by atoms with van der Waals surface area (Å²) in [6, 6.07) is 20.1. The molecule has 1 amide bonds. The monoisotopic (exact) mass is 665 g/mol. The fourth-order valence-electron chi connectivity index (χ4n) is 4.93. The van der Waals surface area contributed by atoms with Crippen LogP contribution >= 0.6 is 0 Å². The topological polar surface area (TPSA) is 203 Å². The predicted molar refractivity (Wildman–Crippen MR) is 178 cm³/mol. The minimum absolute atomic E-state index is 0.0718. The first-order valence-corrected chi connectivity index (χ1v) is 15.4. The van der Waals surface area contributed by atoms with Gasteiger partial charge < -0.3 is 31.1 Å². The number of rotatable bonds is 22. The van der Waals surface area contributed by atoms with E-state index in [1.54, 1.807) is 41.1 Å². The number of carboxylic acids is 3. The third-order valence-electron chi connectivity index (χ3n) is 7.50. The van der Waals surface area contributed by atoms with Gasteiger partial charge in [-0.3, -0.25) is 38.7 Å². The van der Waals surface area contributed by atoms with Crippen molar-refractivity contribution in [3.8, 4) is 5.75 Å². The molecule has 0 aromatic heterocycles. The van der Waals surface area contributed by atoms with E-state index >= 15 is 0 Å². The van der Waals surface area contributed by atoms with E-state index < -0.39 is 37.0 Å². The number of carbonyl (C=O) groups excluding carboxylic acids is 2. The molecule has 3 aromatic carbocycles. The Hall–Kier alpha value is -4.89. The van der Waals surface area contributed by atoms with Crippen molar-refractivity contribution >= 4 is 40.4 Å². The molecule has 0 aliphatic heterocycles. The number of nitrogens with zero attached hydrogens (tertiary/aromatic N) is 3. The van der Waals surface area contributed by atoms with E-state index in [4.69, 9.17) is 25.8 Å². The lowest BCUT2D eigenvalue weighted by Crippen LogP contribution is -2.45. The molecule has 3 aromatic rings. The van der Waals surface area contributed by atoms with Gasteiger partial charge in [0.2, 0.25) is 5.91 Å². The second-order valence-corrected chi connectivity index (χ2v) is 11.6. The molecule has 0 saturated carbocycles. The van der Waals surface area contributed by atoms with Crippen LogP contribution in [0.1, 0.15) is 11.1 Å². The van der Waals surface area contributed by atoms with Crippen LogP contribution in [0.25, 0.3) is 10.8 Å². The first-order valence-electron chi connectivity index (χ1n) is 15.4. The largest absolute Gasteiger partial charge is 0.486 e. The lowest BCUT2D eigenvalue weighted by Gasteiger charge is -2.27. The molecule has 48 heavy (non-hydrogen) atoms. The molecular weight excluding hydrogens is 622 g/mol. The highest BCUT2D eigenvalue weighted by Gasteiger charge is 2.18. The maximum Gasteiger partial charge on any atom is 0.317 e. The fraction of sp³-hybridized carbons (Fsp3) is 0.382. The van der Waals surface area contributed by atoms with Crippen molar-refractivity contribution in [3.63, 3.8) is 0 Å². The maximum absolute atomic E-state index is 12.8. The zero-order valence-electron chi connectivity index (χ0n) is 26.9. The molecule has 0 radical (unpaired) electrons. The Labute approximate surface area is 278 Å². The third-order valence-corrected chi connectivity index (χ3v) is 7.50. The molecule has 3 rings (SSSR count). The van der Waals surface area contributed by atoms with Crippen LogP contribution < -0.4 is 15.8 Å². The SMILES string of the molecule is CN(CCN(CCN(CC(=O)O)CC(=O)O)CC(=O)NCc1ccc(OCC(=O)[C@H](N)Cc2ccc3ccccc3c2)cc1)CC(=O)O. The van der Waals surface area contributed by atoms with E-state index in [2.05, 4.69) is 5.32 Å². The first kappa shape index (κ1) is 37.6. The Balaban J connectivity index is 1.47. The minimum Gasteiger partial charge on any atom is -0.486 e. The zero-order valence-corrected chi connectivity index (χ0v) is 26.9. The second kappa shape index (κ2) is 19.1. The van der Waals surface area contributed by atoms with Crippen LogP contribution in [0.2, 0.25) is 0 Å². The molecule has 258 valence electrons. The van der Waals surface area contributed by atoms with Gasteiger partial charge in [0.05, 0.1) is 32.2 Å². The number of ether oxygens (including phenoxy) is 1. The zero-order chi connectivity index (χ0) is 35.1. The summed E-state index contributed by atoms with van der Waals surface area (Å²) < 4.78 is 5.65. The smallest absolute Gasteiger partial charge is 0.317 e. The molecule has 0 spiro atoms. The Morgan fingerprint density at radius 2 is 1.31 bits per heavy atom. The number of benzene rings is 3. The number of carbonyl (C=O) groups is 5. The van der Waals surface area contributed by atoms with Crippen LogP contribution in [0.4, 0.5) is 0 Å². The minimum atomic E-state index is -1.18. The summed E-state index contributed by atoms with van der Waals surface area (Å²) in [6.07, 6.45) is 0.394. The van der Waals surface area contributed by atoms with Gasteiger partial charge in [0.15, 0.2) is 5.78 Å². The molecule has 0 unspecified atom stereocenters. The number of likely N-dealkylation sites (N-methyl/N-ethyl adjacent to an activating group) is 1. The summed E-state index contributed by atoms with van der Waals surface area (Å²) in [5.74, 6) is -3.44. The van der Waals surface area contributed by atoms with Crippen molar-refractivity contribution in [2.45, 2.75) is 19.0 Å². The number of nitrogens with two attached hydrogens (primary N) is 1. The van der Waals surface area contributed by atoms with Crippen molar-refractivity contribution in [1.29, 1.82) is 0 Å². The van der Waals surface area contributed by atoms with Crippen molar-refractivity contribution in [2.75, 3.05) is 66.0 Å². The van der Waals surface area contributed by atoms with Gasteiger partial charge in [-0.25, -0.2) is 0 Å². The van der Waals surface area contributed by atoms with Crippen LogP contribution in [0.15, 0.2) is 66.7 Å². The number of ketones is 1. The predicted octanol–water partition coefficient (Wildman–Crippen LogP) is 0.764. The Bertz CT molecular complexity index is 1530. The number of nitrogens with one attached hydrogen (secondary N) is 1. The van der Waals surface area contributed by atoms with E-state index in [0.29, 0.717) is 25.3 Å². The summed E-state index contributed by atoms with van der Waals surface area (Å²) >= 11 is 0. The van der Waals surface area contributed by atoms with Crippen molar-refractivity contribution in [1.82, 2.24) is 20.0 Å². The van der Waals surface area contributed by atoms with E-state index in [1.165, 1.54) is 4.90 Å². The van der Waals surface area contributed by atoms with E-state index in [9.17, 15) is 24.0 Å². The fourth-order valence-corrected chi connectivity index (χ4v) is 4.93. The van der Waals surface area contributed by atoms with Gasteiger partial charge in [-0.15, -0.1) is 0 Å². The van der Waals surface area contributed by atoms with Gasteiger partial charge in [0.25, 0.3) is 0 Å². The second-order valence-electron chi connectivity index (χ2n) is 11.6. The van der Waals surface area contributed by atoms with Gasteiger partial charge in [-0.05, 0) is 47.5 Å². The van der Waals surface area contributed by atoms with Crippen LogP contribution in [0.3, 0.4) is 0 Å². The van der Waals surface area contributed by atoms with Gasteiger partial charge in [-0.1, -0.05) is 54.6 Å². The normalized spacial score (nSPS) is 11.9. The van der Waals surface area contributed by atoms with Gasteiger partial charge in [-0.2, -0.15) is 0 Å². The standard InChI is InChI=1S/C34H43N5O9/c1-37(20-32(42)43)12-13-38(14-15-39(21-33(44)45)22-34(46)47)19-31(41)36-18-24-7-10-28(11-8-24)48-23-30(40)29(35)17-25-6-9-26-4-2-3-5-27(26)16-25/h2-11,16,29H,12-15,17-23,35H2,1H3,(H,36,41)(H,42,43)(H,44,45)(H,46,47)/t29-/m1/s1. The van der Waals surface area contributed by atoms with Crippen LogP contribution in [-0.4, -0.2) is 132 Å². The number of carboxylic acid groups (broad SMARTS) is 3. The van der Waals surface area contributed by atoms with Crippen molar-refractivity contribution in [2.24, 2.45) is 5.73 Å². The number of aliphatic carboxylic acids is 3. The number of hydrogen-bond acceptors (Lipinski definition) is 10. The van der Waals surface area contributed by atoms with Crippen molar-refractivity contribution in [3.05, 3.63) is 77.9 Å². The molecule has 1 atom stereocenters. The Kier molecular flexibility index (Phi) is 14.9. The molecule has 0 bridgehead atoms. The van der Waals surface area contributed by atoms with Crippen molar-refractivity contribution < 1.29 is 44.0 Å². The molecule has 14 heteroatoms. The average molecular weight is 666 g/mol. The Morgan fingerprint density at radius 3 is 1.96 bits per heavy atom. The number of amides is 1. The highest BCUT2D eigenvalue weighted by Crippen LogP contribution is 2.17. The van der Waals surface area contributed by atoms with Crippen LogP contribution in [0.5, 0.6) is 5.75 Å². The molecule has 0 aliphatic carbocycles. The lowest BCUT2D eigenvalue weighted by atomic mass is 10.0. The van der Waals surface area contributed by atoms with E-state index in [-0.39, 0.29) is 51.0 Å². The van der Waals surface area contributed by atoms with E-state index in [0.717, 1.165) is 21.9 Å². The highest BCUT2D eigenvalue weighted by atomic mass is 16.5. The van der Waals surface area contributed by atoms with Gasteiger partial charge in [0.1, 0.15) is 12.4 Å². The third kappa shape index (κ3) is 13.8. The van der Waals surface area contributed by atoms with Crippen LogP contribution in [0, 0.1) is 0 Å². The first-order chi connectivity index (χ1) is 22.9. The molecule has 0 heterocycles. The summed E-state index contributed by atoms with van der Waals surface area (Å²) in [5.41, 5.74) is 7.90. The van der Waals surface area contributed by atoms with Gasteiger partial charge in [0, 0.05) is 32.7 Å². The average Bonchev–Trinajstić information content (AvgIpc) is 3.03. The quantitative estimate of drug-likeness (QED) is 0.101. The van der Waals surface area contributed by atoms with Crippen LogP contribution in [-0.2, 0) is 36.9 Å². The molecular formula is C34H43N5O9. The summed E-state index contributed by atoms with van der Waals surface area (Å²) in [4.78, 5) is 63.3. The number of Topliss-reactive ketones (excluding diaryl/α,β-unsaturated/α-hetero) is 1. The summed E-state index contributed by atoms with van der Waals surface area (Å²) in [7, 11) is 1.62. The molecule has 14 nitrogen and oxygen atoms in total. The Morgan fingerprint density at radius 1 is 0.729 bits per heavy atom. The molecule has 0 aliphatic rings. The maximum atomic E-state index is 12.8. The number of hydrogen-bond donors (Lipinski definition) is 5. The molecule has 0 saturated heterocycles. The number of fused-ring (bicyclic) bond motifs is 1.